The predicted octanol–water partition coefficient (Wildman–Crippen LogP) is 5.41. The van der Waals surface area contributed by atoms with Crippen LogP contribution in [-0.2, 0) is 16.8 Å². The van der Waals surface area contributed by atoms with Gasteiger partial charge in [-0.1, -0.05) is 0 Å². The number of primary amides is 1. The summed E-state index contributed by atoms with van der Waals surface area (Å²) in [6.45, 7) is 2.12. The van der Waals surface area contributed by atoms with E-state index in [9.17, 15) is 32.3 Å². The minimum Gasteiger partial charge on any atom is -0.491 e. The van der Waals surface area contributed by atoms with Crippen molar-refractivity contribution >= 4 is 11.8 Å². The number of alkyl halides is 3. The van der Waals surface area contributed by atoms with Crippen LogP contribution in [-0.4, -0.2) is 52.3 Å². The largest absolute Gasteiger partial charge is 0.491 e. The molecule has 5 rings (SSSR count). The highest BCUT2D eigenvalue weighted by Gasteiger charge is 2.56. The van der Waals surface area contributed by atoms with Gasteiger partial charge >= 0.3 is 6.18 Å². The average molecular weight is 653 g/mol. The van der Waals surface area contributed by atoms with E-state index in [2.05, 4.69) is 15.3 Å². The van der Waals surface area contributed by atoms with Crippen molar-refractivity contribution in [2.24, 2.45) is 5.73 Å². The molecule has 0 bridgehead atoms. The summed E-state index contributed by atoms with van der Waals surface area (Å²) in [7, 11) is 0. The van der Waals surface area contributed by atoms with Gasteiger partial charge < -0.3 is 25.6 Å². The maximum atomic E-state index is 14.7. The van der Waals surface area contributed by atoms with Crippen molar-refractivity contribution in [2.45, 2.75) is 51.0 Å². The molecular formula is C34H32F4N4O5. The van der Waals surface area contributed by atoms with Crippen LogP contribution in [0.2, 0.25) is 0 Å². The highest BCUT2D eigenvalue weighted by Crippen LogP contribution is 2.42. The van der Waals surface area contributed by atoms with Gasteiger partial charge in [0.1, 0.15) is 23.0 Å². The Morgan fingerprint density at radius 2 is 1.77 bits per heavy atom. The molecule has 0 unspecified atom stereocenters. The van der Waals surface area contributed by atoms with E-state index in [-0.39, 0.29) is 40.8 Å². The molecule has 9 nitrogen and oxygen atoms in total. The number of pyridine rings is 2. The van der Waals surface area contributed by atoms with Crippen molar-refractivity contribution in [3.63, 3.8) is 0 Å². The number of ether oxygens (including phenoxy) is 2. The van der Waals surface area contributed by atoms with Gasteiger partial charge in [0.25, 0.3) is 5.91 Å². The first-order valence-electron chi connectivity index (χ1n) is 14.8. The highest BCUT2D eigenvalue weighted by atomic mass is 19.4. The zero-order valence-electron chi connectivity index (χ0n) is 25.5. The van der Waals surface area contributed by atoms with Gasteiger partial charge in [-0.05, 0) is 92.9 Å². The first-order chi connectivity index (χ1) is 22.3. The monoisotopic (exact) mass is 652 g/mol. The van der Waals surface area contributed by atoms with Crippen LogP contribution in [0.3, 0.4) is 0 Å². The van der Waals surface area contributed by atoms with E-state index in [0.29, 0.717) is 22.6 Å². The molecule has 0 radical (unpaired) electrons. The standard InChI is InChI=1S/C34H32F4N4O5/c1-3-46-31-23(17-29(39)43)16-28(42-30(31)20-4-7-24(35)8-5-20)33(45,34(36,37)38)18-41-32(44)22-6-11-27(47-25-9-10-25)26(15-22)21-12-13-40-19(2)14-21/h4-8,11-16,25,45H,3,9-10,17-18H2,1-2H3,(H2,39,43)(H,41,44)/t33-/m0/s1. The number of nitrogens with zero attached hydrogens (tertiary/aromatic N) is 2. The molecule has 13 heteroatoms. The summed E-state index contributed by atoms with van der Waals surface area (Å²) in [5.74, 6) is -1.94. The van der Waals surface area contributed by atoms with Crippen LogP contribution in [0, 0.1) is 12.7 Å². The third-order valence-electron chi connectivity index (χ3n) is 7.49. The minimum atomic E-state index is -5.36. The Hall–Kier alpha value is -5.04. The lowest BCUT2D eigenvalue weighted by Crippen LogP contribution is -2.51. The van der Waals surface area contributed by atoms with Crippen LogP contribution in [0.25, 0.3) is 22.4 Å². The van der Waals surface area contributed by atoms with Gasteiger partial charge in [0, 0.05) is 34.1 Å². The molecule has 4 aromatic rings. The Bertz CT molecular complexity index is 1790. The molecule has 2 aromatic carbocycles. The second-order valence-corrected chi connectivity index (χ2v) is 11.2. The van der Waals surface area contributed by atoms with Gasteiger partial charge in [-0.25, -0.2) is 9.37 Å². The van der Waals surface area contributed by atoms with E-state index in [0.717, 1.165) is 31.0 Å². The number of rotatable bonds is 12. The summed E-state index contributed by atoms with van der Waals surface area (Å²) in [6, 6.07) is 13.6. The molecule has 0 spiro atoms. The molecule has 1 aliphatic carbocycles. The average Bonchev–Trinajstić information content (AvgIpc) is 3.84. The van der Waals surface area contributed by atoms with Crippen LogP contribution in [0.4, 0.5) is 17.6 Å². The van der Waals surface area contributed by atoms with Crippen molar-refractivity contribution in [1.82, 2.24) is 15.3 Å². The number of carbonyl (C=O) groups is 2. The molecular weight excluding hydrogens is 620 g/mol. The van der Waals surface area contributed by atoms with Crippen LogP contribution in [0.5, 0.6) is 11.5 Å². The van der Waals surface area contributed by atoms with Crippen molar-refractivity contribution in [1.29, 1.82) is 0 Å². The number of hydrogen-bond acceptors (Lipinski definition) is 7. The molecule has 0 aliphatic heterocycles. The first kappa shape index (κ1) is 33.3. The van der Waals surface area contributed by atoms with Crippen molar-refractivity contribution in [3.05, 3.63) is 95.2 Å². The van der Waals surface area contributed by atoms with E-state index < -0.39 is 48.1 Å². The number of aliphatic hydroxyl groups is 1. The van der Waals surface area contributed by atoms with Gasteiger partial charge in [0.2, 0.25) is 11.5 Å². The molecule has 246 valence electrons. The maximum absolute atomic E-state index is 14.7. The topological polar surface area (TPSA) is 137 Å². The van der Waals surface area contributed by atoms with Crippen LogP contribution in [0.1, 0.15) is 47.1 Å². The van der Waals surface area contributed by atoms with Gasteiger partial charge in [0.15, 0.2) is 0 Å². The second kappa shape index (κ2) is 13.4. The molecule has 1 atom stereocenters. The van der Waals surface area contributed by atoms with Crippen LogP contribution < -0.4 is 20.5 Å². The third-order valence-corrected chi connectivity index (χ3v) is 7.49. The number of carbonyl (C=O) groups excluding carboxylic acids is 2. The Balaban J connectivity index is 1.53. The van der Waals surface area contributed by atoms with Gasteiger partial charge in [-0.2, -0.15) is 13.2 Å². The van der Waals surface area contributed by atoms with Gasteiger partial charge in [0.05, 0.1) is 31.4 Å². The van der Waals surface area contributed by atoms with Gasteiger partial charge in [-0.3, -0.25) is 14.6 Å². The van der Waals surface area contributed by atoms with Crippen LogP contribution >= 0.6 is 0 Å². The molecule has 2 amide bonds. The smallest absolute Gasteiger partial charge is 0.424 e. The van der Waals surface area contributed by atoms with E-state index in [4.69, 9.17) is 15.2 Å². The summed E-state index contributed by atoms with van der Waals surface area (Å²) in [5, 5.41) is 13.5. The lowest BCUT2D eigenvalue weighted by atomic mass is 9.93. The van der Waals surface area contributed by atoms with E-state index >= 15 is 0 Å². The third kappa shape index (κ3) is 7.51. The molecule has 1 saturated carbocycles. The number of halogens is 4. The highest BCUT2D eigenvalue weighted by molar-refractivity contribution is 5.96. The Labute approximate surface area is 267 Å². The Kier molecular flexibility index (Phi) is 9.48. The number of benzene rings is 2. The van der Waals surface area contributed by atoms with Crippen molar-refractivity contribution in [2.75, 3.05) is 13.2 Å². The molecule has 2 aromatic heterocycles. The van der Waals surface area contributed by atoms with E-state index in [1.54, 1.807) is 38.2 Å². The SMILES string of the molecule is CCOc1c(CC(N)=O)cc([C@@](O)(CNC(=O)c2ccc(OC3CC3)c(-c3ccnc(C)c3)c2)C(F)(F)F)nc1-c1ccc(F)cc1. The normalized spacial score (nSPS) is 14.3. The zero-order chi connectivity index (χ0) is 33.9. The molecule has 1 fully saturated rings. The van der Waals surface area contributed by atoms with E-state index in [1.807, 2.05) is 0 Å². The fraction of sp³-hybridized carbons (Fsp3) is 0.294. The van der Waals surface area contributed by atoms with Crippen LogP contribution in [0.15, 0.2) is 66.9 Å². The summed E-state index contributed by atoms with van der Waals surface area (Å²) < 4.78 is 69.6. The van der Waals surface area contributed by atoms with Crippen molar-refractivity contribution in [3.8, 4) is 33.9 Å². The summed E-state index contributed by atoms with van der Waals surface area (Å²) in [6.07, 6.45) is -2.50. The first-order valence-corrected chi connectivity index (χ1v) is 14.8. The van der Waals surface area contributed by atoms with Crippen molar-refractivity contribution < 1.29 is 41.7 Å². The molecule has 2 heterocycles. The molecule has 4 N–H and O–H groups in total. The lowest BCUT2D eigenvalue weighted by molar-refractivity contribution is -0.265. The van der Waals surface area contributed by atoms with Gasteiger partial charge in [-0.15, -0.1) is 0 Å². The molecule has 47 heavy (non-hydrogen) atoms. The molecule has 0 saturated heterocycles. The number of aromatic nitrogens is 2. The number of nitrogens with two attached hydrogens (primary N) is 1. The predicted molar refractivity (Wildman–Crippen MR) is 164 cm³/mol. The quantitative estimate of drug-likeness (QED) is 0.174. The Morgan fingerprint density at radius 3 is 2.38 bits per heavy atom. The summed E-state index contributed by atoms with van der Waals surface area (Å²) in [4.78, 5) is 33.6. The second-order valence-electron chi connectivity index (χ2n) is 11.2. The summed E-state index contributed by atoms with van der Waals surface area (Å²) in [5.41, 5.74) is 2.61. The fourth-order valence-corrected chi connectivity index (χ4v) is 4.95. The summed E-state index contributed by atoms with van der Waals surface area (Å²) >= 11 is 0. The molecule has 1 aliphatic rings. The number of amides is 2. The number of aryl methyl sites for hydroxylation is 1. The lowest BCUT2D eigenvalue weighted by Gasteiger charge is -2.31. The maximum Gasteiger partial charge on any atom is 0.424 e. The number of nitrogens with one attached hydrogen (secondary N) is 1. The minimum absolute atomic E-state index is 0.0169. The van der Waals surface area contributed by atoms with E-state index in [1.165, 1.54) is 24.3 Å². The Morgan fingerprint density at radius 1 is 1.04 bits per heavy atom. The zero-order valence-corrected chi connectivity index (χ0v) is 25.5. The number of hydrogen-bond donors (Lipinski definition) is 3. The fourth-order valence-electron chi connectivity index (χ4n) is 4.95.